The molecule has 0 fully saturated rings. The molecule has 0 spiro atoms. The number of carbonyl (C=O) groups excluding carboxylic acids is 1. The summed E-state index contributed by atoms with van der Waals surface area (Å²) in [5.74, 6) is 2.07. The van der Waals surface area contributed by atoms with E-state index in [0.717, 1.165) is 22.6 Å². The molecule has 1 amide bonds. The van der Waals surface area contributed by atoms with E-state index >= 15 is 0 Å². The summed E-state index contributed by atoms with van der Waals surface area (Å²) >= 11 is 0. The monoisotopic (exact) mass is 393 g/mol. The van der Waals surface area contributed by atoms with Crippen molar-refractivity contribution in [3.05, 3.63) is 53.2 Å². The highest BCUT2D eigenvalue weighted by Crippen LogP contribution is 2.43. The molecule has 1 atom stereocenters. The van der Waals surface area contributed by atoms with Crippen molar-refractivity contribution in [2.24, 2.45) is 0 Å². The summed E-state index contributed by atoms with van der Waals surface area (Å²) in [4.78, 5) is 12.6. The van der Waals surface area contributed by atoms with Crippen LogP contribution >= 0.6 is 0 Å². The number of aryl methyl sites for hydroxylation is 1. The second kappa shape index (κ2) is 7.54. The number of carbonyl (C=O) groups is 1. The van der Waals surface area contributed by atoms with Crippen LogP contribution in [0.5, 0.6) is 11.6 Å². The Kier molecular flexibility index (Phi) is 4.92. The van der Waals surface area contributed by atoms with Crippen LogP contribution in [0.25, 0.3) is 5.82 Å². The quantitative estimate of drug-likeness (QED) is 0.716. The van der Waals surface area contributed by atoms with E-state index in [1.807, 2.05) is 45.0 Å². The minimum Gasteiger partial charge on any atom is -0.491 e. The number of nitrogens with one attached hydrogen (secondary N) is 1. The molecule has 4 rings (SSSR count). The Morgan fingerprint density at radius 1 is 1.17 bits per heavy atom. The lowest BCUT2D eigenvalue weighted by molar-refractivity contribution is -0.116. The van der Waals surface area contributed by atoms with Gasteiger partial charge < -0.3 is 14.8 Å². The highest BCUT2D eigenvalue weighted by Gasteiger charge is 2.34. The Bertz CT molecular complexity index is 1040. The van der Waals surface area contributed by atoms with Gasteiger partial charge in [-0.1, -0.05) is 18.2 Å². The maximum absolute atomic E-state index is 12.6. The molecule has 2 aromatic heterocycles. The van der Waals surface area contributed by atoms with Gasteiger partial charge in [0, 0.05) is 29.5 Å². The van der Waals surface area contributed by atoms with Gasteiger partial charge in [0.1, 0.15) is 11.6 Å². The van der Waals surface area contributed by atoms with E-state index in [-0.39, 0.29) is 17.9 Å². The number of fused-ring (bicyclic) bond motifs is 1. The maximum atomic E-state index is 12.6. The lowest BCUT2D eigenvalue weighted by Crippen LogP contribution is -2.25. The first-order chi connectivity index (χ1) is 14.0. The average molecular weight is 393 g/mol. The van der Waals surface area contributed by atoms with Crippen LogP contribution in [0, 0.1) is 6.92 Å². The Morgan fingerprint density at radius 3 is 2.66 bits per heavy atom. The van der Waals surface area contributed by atoms with Crippen molar-refractivity contribution in [1.29, 1.82) is 0 Å². The summed E-state index contributed by atoms with van der Waals surface area (Å²) in [5.41, 5.74) is 2.75. The van der Waals surface area contributed by atoms with E-state index in [2.05, 4.69) is 20.6 Å². The smallest absolute Gasteiger partial charge is 0.233 e. The molecule has 29 heavy (non-hydrogen) atoms. The molecule has 1 aliphatic heterocycles. The largest absolute Gasteiger partial charge is 0.491 e. The van der Waals surface area contributed by atoms with Crippen LogP contribution in [0.3, 0.4) is 0 Å². The zero-order valence-corrected chi connectivity index (χ0v) is 16.8. The second-order valence-corrected chi connectivity index (χ2v) is 7.20. The minimum atomic E-state index is -0.159. The van der Waals surface area contributed by atoms with Gasteiger partial charge in [0.25, 0.3) is 0 Å². The van der Waals surface area contributed by atoms with Crippen molar-refractivity contribution in [1.82, 2.24) is 20.0 Å². The summed E-state index contributed by atoms with van der Waals surface area (Å²) < 4.78 is 12.7. The molecule has 0 unspecified atom stereocenters. The van der Waals surface area contributed by atoms with E-state index < -0.39 is 0 Å². The van der Waals surface area contributed by atoms with Crippen molar-refractivity contribution in [2.45, 2.75) is 39.2 Å². The molecule has 0 aliphatic carbocycles. The second-order valence-electron chi connectivity index (χ2n) is 7.20. The molecule has 1 aromatic carbocycles. The SMILES string of the molecule is COc1ccc(-n2nc(C)c3c2NC(=O)C[C@H]3c2ccccc2OC(C)C)nn1. The minimum absolute atomic E-state index is 0.0337. The van der Waals surface area contributed by atoms with Crippen molar-refractivity contribution in [3.63, 3.8) is 0 Å². The van der Waals surface area contributed by atoms with E-state index in [1.165, 1.54) is 7.11 Å². The van der Waals surface area contributed by atoms with Crippen LogP contribution in [-0.4, -0.2) is 39.1 Å². The Morgan fingerprint density at radius 2 is 1.97 bits per heavy atom. The van der Waals surface area contributed by atoms with Gasteiger partial charge in [-0.15, -0.1) is 10.2 Å². The normalized spacial score (nSPS) is 15.8. The topological polar surface area (TPSA) is 91.2 Å². The predicted octanol–water partition coefficient (Wildman–Crippen LogP) is 3.24. The number of rotatable bonds is 5. The summed E-state index contributed by atoms with van der Waals surface area (Å²) in [5, 5.41) is 15.8. The summed E-state index contributed by atoms with van der Waals surface area (Å²) in [6.07, 6.45) is 0.359. The fourth-order valence-electron chi connectivity index (χ4n) is 3.64. The third-order valence-corrected chi connectivity index (χ3v) is 4.81. The molecule has 3 heterocycles. The average Bonchev–Trinajstić information content (AvgIpc) is 3.04. The van der Waals surface area contributed by atoms with Crippen LogP contribution in [0.4, 0.5) is 5.82 Å². The number of methoxy groups -OCH3 is 1. The van der Waals surface area contributed by atoms with Gasteiger partial charge in [-0.2, -0.15) is 9.78 Å². The zero-order valence-electron chi connectivity index (χ0n) is 16.8. The van der Waals surface area contributed by atoms with Gasteiger partial charge in [-0.3, -0.25) is 4.79 Å². The highest BCUT2D eigenvalue weighted by atomic mass is 16.5. The van der Waals surface area contributed by atoms with Crippen molar-refractivity contribution in [2.75, 3.05) is 12.4 Å². The van der Waals surface area contributed by atoms with Gasteiger partial charge in [0.05, 0.1) is 18.9 Å². The molecule has 8 nitrogen and oxygen atoms in total. The zero-order chi connectivity index (χ0) is 20.5. The molecule has 3 aromatic rings. The number of hydrogen-bond acceptors (Lipinski definition) is 6. The molecule has 8 heteroatoms. The Hall–Kier alpha value is -3.42. The molecule has 150 valence electrons. The van der Waals surface area contributed by atoms with Crippen LogP contribution in [-0.2, 0) is 4.79 Å². The number of nitrogens with zero attached hydrogens (tertiary/aromatic N) is 4. The van der Waals surface area contributed by atoms with E-state index in [4.69, 9.17) is 9.47 Å². The number of ether oxygens (including phenoxy) is 2. The first-order valence-electron chi connectivity index (χ1n) is 9.51. The van der Waals surface area contributed by atoms with Crippen LogP contribution < -0.4 is 14.8 Å². The maximum Gasteiger partial charge on any atom is 0.233 e. The molecule has 0 saturated heterocycles. The number of hydrogen-bond donors (Lipinski definition) is 1. The number of benzene rings is 1. The molecular formula is C21H23N5O3. The molecule has 0 bridgehead atoms. The van der Waals surface area contributed by atoms with Gasteiger partial charge in [-0.05, 0) is 32.9 Å². The molecule has 1 N–H and O–H groups in total. The standard InChI is InChI=1S/C21H23N5O3/c1-12(2)29-16-8-6-5-7-14(16)15-11-18(27)22-21-20(15)13(3)25-26(21)17-9-10-19(28-4)24-23-17/h5-10,12,15H,11H2,1-4H3,(H,22,27)/t15-/m0/s1. The van der Waals surface area contributed by atoms with Crippen molar-refractivity contribution < 1.29 is 14.3 Å². The van der Waals surface area contributed by atoms with Crippen molar-refractivity contribution in [3.8, 4) is 17.4 Å². The third-order valence-electron chi connectivity index (χ3n) is 4.81. The highest BCUT2D eigenvalue weighted by molar-refractivity contribution is 5.95. The molecule has 0 saturated carbocycles. The van der Waals surface area contributed by atoms with Gasteiger partial charge in [0.2, 0.25) is 11.8 Å². The van der Waals surface area contributed by atoms with Crippen LogP contribution in [0.1, 0.15) is 43.0 Å². The van der Waals surface area contributed by atoms with Crippen LogP contribution in [0.2, 0.25) is 0 Å². The molecule has 0 radical (unpaired) electrons. The number of amides is 1. The Balaban J connectivity index is 1.83. The van der Waals surface area contributed by atoms with Crippen molar-refractivity contribution >= 4 is 11.7 Å². The predicted molar refractivity (Wildman–Crippen MR) is 108 cm³/mol. The van der Waals surface area contributed by atoms with Gasteiger partial charge in [-0.25, -0.2) is 0 Å². The first-order valence-corrected chi connectivity index (χ1v) is 9.51. The third kappa shape index (κ3) is 3.53. The first kappa shape index (κ1) is 18.9. The number of anilines is 1. The summed E-state index contributed by atoms with van der Waals surface area (Å²) in [6.45, 7) is 5.91. The summed E-state index contributed by atoms with van der Waals surface area (Å²) in [6, 6.07) is 11.3. The fourth-order valence-corrected chi connectivity index (χ4v) is 3.64. The van der Waals surface area contributed by atoms with E-state index in [9.17, 15) is 4.79 Å². The number of aromatic nitrogens is 4. The Labute approximate surface area is 168 Å². The lowest BCUT2D eigenvalue weighted by atomic mass is 9.85. The van der Waals surface area contributed by atoms with Crippen LogP contribution in [0.15, 0.2) is 36.4 Å². The molecular weight excluding hydrogens is 370 g/mol. The lowest BCUT2D eigenvalue weighted by Gasteiger charge is -2.26. The van der Waals surface area contributed by atoms with E-state index in [0.29, 0.717) is 23.9 Å². The van der Waals surface area contributed by atoms with Gasteiger partial charge in [0.15, 0.2) is 5.82 Å². The fraction of sp³-hybridized carbons (Fsp3) is 0.333. The summed E-state index contributed by atoms with van der Waals surface area (Å²) in [7, 11) is 1.53. The van der Waals surface area contributed by atoms with E-state index in [1.54, 1.807) is 16.8 Å². The van der Waals surface area contributed by atoms with Gasteiger partial charge >= 0.3 is 0 Å². The number of para-hydroxylation sites is 1. The molecule has 1 aliphatic rings.